The average molecular weight is 253 g/mol. The van der Waals surface area contributed by atoms with E-state index in [9.17, 15) is 9.59 Å². The van der Waals surface area contributed by atoms with Gasteiger partial charge >= 0.3 is 12.1 Å². The van der Waals surface area contributed by atoms with Crippen molar-refractivity contribution in [2.45, 2.75) is 19.9 Å². The van der Waals surface area contributed by atoms with Crippen LogP contribution in [0.25, 0.3) is 0 Å². The van der Waals surface area contributed by atoms with Crippen molar-refractivity contribution in [3.8, 4) is 0 Å². The van der Waals surface area contributed by atoms with Crippen molar-refractivity contribution in [3.05, 3.63) is 17.0 Å². The highest BCUT2D eigenvalue weighted by Crippen LogP contribution is 2.21. The van der Waals surface area contributed by atoms with E-state index in [2.05, 4.69) is 14.9 Å². The summed E-state index contributed by atoms with van der Waals surface area (Å²) in [6, 6.07) is 0. The van der Waals surface area contributed by atoms with E-state index in [4.69, 9.17) is 4.74 Å². The molecule has 1 amide bonds. The second kappa shape index (κ2) is 5.07. The van der Waals surface area contributed by atoms with E-state index in [-0.39, 0.29) is 6.09 Å². The zero-order valence-corrected chi connectivity index (χ0v) is 10.4. The lowest BCUT2D eigenvalue weighted by Gasteiger charge is -2.25. The van der Waals surface area contributed by atoms with Gasteiger partial charge in [0, 0.05) is 12.1 Å². The van der Waals surface area contributed by atoms with Gasteiger partial charge in [-0.1, -0.05) is 0 Å². The molecule has 7 nitrogen and oxygen atoms in total. The third-order valence-electron chi connectivity index (χ3n) is 2.84. The molecule has 0 atom stereocenters. The molecule has 7 heteroatoms. The van der Waals surface area contributed by atoms with Crippen LogP contribution in [0, 0.1) is 0 Å². The van der Waals surface area contributed by atoms with Crippen LogP contribution in [0.1, 0.15) is 28.7 Å². The van der Waals surface area contributed by atoms with Crippen molar-refractivity contribution in [2.75, 3.05) is 20.3 Å². The number of hydrogen-bond acceptors (Lipinski definition) is 5. The van der Waals surface area contributed by atoms with Crippen LogP contribution in [0.2, 0.25) is 0 Å². The van der Waals surface area contributed by atoms with Gasteiger partial charge in [0.05, 0.1) is 26.0 Å². The molecule has 0 saturated carbocycles. The molecule has 0 bridgehead atoms. The smallest absolute Gasteiger partial charge is 0.410 e. The van der Waals surface area contributed by atoms with Gasteiger partial charge in [0.25, 0.3) is 0 Å². The number of aromatic amines is 1. The van der Waals surface area contributed by atoms with Gasteiger partial charge in [-0.15, -0.1) is 0 Å². The summed E-state index contributed by atoms with van der Waals surface area (Å²) in [5.41, 5.74) is 1.88. The molecule has 18 heavy (non-hydrogen) atoms. The molecule has 1 aromatic rings. The van der Waals surface area contributed by atoms with E-state index in [1.54, 1.807) is 11.8 Å². The molecule has 98 valence electrons. The fourth-order valence-electron chi connectivity index (χ4n) is 1.95. The van der Waals surface area contributed by atoms with Crippen molar-refractivity contribution in [1.29, 1.82) is 0 Å². The lowest BCUT2D eigenvalue weighted by molar-refractivity contribution is 0.0592. The minimum absolute atomic E-state index is 0.302. The lowest BCUT2D eigenvalue weighted by Crippen LogP contribution is -2.36. The number of nitrogens with zero attached hydrogens (tertiary/aromatic N) is 2. The Bertz CT molecular complexity index is 469. The molecule has 0 unspecified atom stereocenters. The maximum absolute atomic E-state index is 11.6. The van der Waals surface area contributed by atoms with Crippen molar-refractivity contribution in [3.63, 3.8) is 0 Å². The van der Waals surface area contributed by atoms with Gasteiger partial charge in [0.15, 0.2) is 5.69 Å². The molecule has 1 N–H and O–H groups in total. The molecule has 0 fully saturated rings. The summed E-state index contributed by atoms with van der Waals surface area (Å²) in [5.74, 6) is -0.461. The fourth-order valence-corrected chi connectivity index (χ4v) is 1.95. The predicted molar refractivity (Wildman–Crippen MR) is 61.1 cm³/mol. The van der Waals surface area contributed by atoms with Gasteiger partial charge in [-0.25, -0.2) is 9.59 Å². The normalized spacial score (nSPS) is 14.0. The van der Waals surface area contributed by atoms with Gasteiger partial charge in [-0.05, 0) is 13.3 Å². The van der Waals surface area contributed by atoms with Crippen molar-refractivity contribution < 1.29 is 19.1 Å². The molecule has 1 aliphatic rings. The Morgan fingerprint density at radius 3 is 2.94 bits per heavy atom. The number of hydrogen-bond donors (Lipinski definition) is 1. The summed E-state index contributed by atoms with van der Waals surface area (Å²) in [7, 11) is 1.32. The Morgan fingerprint density at radius 1 is 1.50 bits per heavy atom. The van der Waals surface area contributed by atoms with Crippen LogP contribution in [-0.4, -0.2) is 47.4 Å². The monoisotopic (exact) mass is 253 g/mol. The average Bonchev–Trinajstić information content (AvgIpc) is 2.81. The van der Waals surface area contributed by atoms with Crippen LogP contribution < -0.4 is 0 Å². The third-order valence-corrected chi connectivity index (χ3v) is 2.84. The van der Waals surface area contributed by atoms with Crippen LogP contribution in [0.3, 0.4) is 0 Å². The number of amides is 1. The number of carbonyl (C=O) groups is 2. The second-order valence-corrected chi connectivity index (χ2v) is 3.89. The minimum atomic E-state index is -0.461. The predicted octanol–water partition coefficient (Wildman–Crippen LogP) is 0.711. The highest BCUT2D eigenvalue weighted by atomic mass is 16.6. The first kappa shape index (κ1) is 12.4. The molecule has 0 radical (unpaired) electrons. The molecule has 0 saturated heterocycles. The molecule has 0 spiro atoms. The Balaban J connectivity index is 2.14. The standard InChI is InChI=1S/C11H15N3O4/c1-3-18-11(16)14-5-4-7-8(6-14)12-13-9(7)10(15)17-2/h3-6H2,1-2H3,(H,12,13). The Labute approximate surface area is 104 Å². The first-order valence-corrected chi connectivity index (χ1v) is 5.73. The number of nitrogens with one attached hydrogen (secondary N) is 1. The number of methoxy groups -OCH3 is 1. The van der Waals surface area contributed by atoms with Crippen LogP contribution in [0.5, 0.6) is 0 Å². The van der Waals surface area contributed by atoms with Crippen LogP contribution >= 0.6 is 0 Å². The van der Waals surface area contributed by atoms with Gasteiger partial charge in [-0.2, -0.15) is 5.10 Å². The topological polar surface area (TPSA) is 84.5 Å². The van der Waals surface area contributed by atoms with Crippen molar-refractivity contribution in [1.82, 2.24) is 15.1 Å². The summed E-state index contributed by atoms with van der Waals surface area (Å²) in [4.78, 5) is 24.6. The van der Waals surface area contributed by atoms with Crippen molar-refractivity contribution >= 4 is 12.1 Å². The molecule has 2 rings (SSSR count). The van der Waals surface area contributed by atoms with Gasteiger partial charge in [-0.3, -0.25) is 5.10 Å². The zero-order valence-electron chi connectivity index (χ0n) is 10.4. The van der Waals surface area contributed by atoms with Crippen LogP contribution in [-0.2, 0) is 22.4 Å². The summed E-state index contributed by atoms with van der Waals surface area (Å²) < 4.78 is 9.58. The molecular formula is C11H15N3O4. The lowest BCUT2D eigenvalue weighted by atomic mass is 10.0. The molecule has 0 aromatic carbocycles. The van der Waals surface area contributed by atoms with E-state index in [1.807, 2.05) is 0 Å². The van der Waals surface area contributed by atoms with Gasteiger partial charge < -0.3 is 14.4 Å². The molecule has 2 heterocycles. The third kappa shape index (κ3) is 2.15. The largest absolute Gasteiger partial charge is 0.464 e. The van der Waals surface area contributed by atoms with E-state index >= 15 is 0 Å². The molecule has 0 aliphatic carbocycles. The number of rotatable bonds is 2. The molecular weight excluding hydrogens is 238 g/mol. The first-order valence-electron chi connectivity index (χ1n) is 5.73. The number of H-pyrrole nitrogens is 1. The highest BCUT2D eigenvalue weighted by molar-refractivity contribution is 5.89. The first-order chi connectivity index (χ1) is 8.67. The quantitative estimate of drug-likeness (QED) is 0.785. The summed E-state index contributed by atoms with van der Waals surface area (Å²) in [6.45, 7) is 2.99. The fraction of sp³-hybridized carbons (Fsp3) is 0.545. The van der Waals surface area contributed by atoms with Crippen LogP contribution in [0.4, 0.5) is 4.79 Å². The van der Waals surface area contributed by atoms with E-state index in [0.717, 1.165) is 11.3 Å². The van der Waals surface area contributed by atoms with Gasteiger partial charge in [0.1, 0.15) is 0 Å². The van der Waals surface area contributed by atoms with Crippen molar-refractivity contribution in [2.24, 2.45) is 0 Å². The Hall–Kier alpha value is -2.05. The van der Waals surface area contributed by atoms with E-state index in [1.165, 1.54) is 7.11 Å². The van der Waals surface area contributed by atoms with Gasteiger partial charge in [0.2, 0.25) is 0 Å². The summed E-state index contributed by atoms with van der Waals surface area (Å²) in [6.07, 6.45) is 0.215. The molecule has 1 aromatic heterocycles. The molecule has 1 aliphatic heterocycles. The maximum atomic E-state index is 11.6. The number of carbonyl (C=O) groups excluding carboxylic acids is 2. The maximum Gasteiger partial charge on any atom is 0.410 e. The highest BCUT2D eigenvalue weighted by Gasteiger charge is 2.28. The van der Waals surface area contributed by atoms with E-state index in [0.29, 0.717) is 31.8 Å². The SMILES string of the molecule is CCOC(=O)N1CCc2c(C(=O)OC)n[nH]c2C1. The number of aromatic nitrogens is 2. The number of fused-ring (bicyclic) bond motifs is 1. The minimum Gasteiger partial charge on any atom is -0.464 e. The van der Waals surface area contributed by atoms with E-state index < -0.39 is 5.97 Å². The zero-order chi connectivity index (χ0) is 13.1. The summed E-state index contributed by atoms with van der Waals surface area (Å²) >= 11 is 0. The Kier molecular flexibility index (Phi) is 3.50. The van der Waals surface area contributed by atoms with Crippen LogP contribution in [0.15, 0.2) is 0 Å². The Morgan fingerprint density at radius 2 is 2.28 bits per heavy atom. The second-order valence-electron chi connectivity index (χ2n) is 3.89. The summed E-state index contributed by atoms with van der Waals surface area (Å²) in [5, 5.41) is 6.70. The number of ether oxygens (including phenoxy) is 2. The number of esters is 1.